The molecule has 0 fully saturated rings. The van der Waals surface area contributed by atoms with Gasteiger partial charge >= 0.3 is 19.8 Å². The molecule has 0 saturated carbocycles. The van der Waals surface area contributed by atoms with E-state index in [0.29, 0.717) is 98.7 Å². The second kappa shape index (κ2) is 62.3. The first-order valence-corrected chi connectivity index (χ1v) is 35.0. The number of hydrogen-bond donors (Lipinski definition) is 2. The van der Waals surface area contributed by atoms with E-state index < -0.39 is 32.5 Å². The van der Waals surface area contributed by atoms with Crippen LogP contribution < -0.4 is 5.32 Å². The number of nitrogens with one attached hydrogen (secondary N) is 1. The van der Waals surface area contributed by atoms with Crippen LogP contribution in [0.2, 0.25) is 0 Å². The summed E-state index contributed by atoms with van der Waals surface area (Å²) in [6, 6.07) is 0. The summed E-state index contributed by atoms with van der Waals surface area (Å²) in [4.78, 5) is 72.4. The lowest BCUT2D eigenvalue weighted by Gasteiger charge is -2.20. The van der Waals surface area contributed by atoms with Gasteiger partial charge in [-0.2, -0.15) is 0 Å². The molecule has 2 N–H and O–H groups in total. The van der Waals surface area contributed by atoms with E-state index in [2.05, 4.69) is 19.2 Å². The summed E-state index contributed by atoms with van der Waals surface area (Å²) < 4.78 is 77.8. The van der Waals surface area contributed by atoms with Crippen LogP contribution in [0, 0.1) is 0 Å². The van der Waals surface area contributed by atoms with Crippen molar-refractivity contribution in [3.05, 3.63) is 12.2 Å². The fourth-order valence-corrected chi connectivity index (χ4v) is 9.92. The van der Waals surface area contributed by atoms with Crippen molar-refractivity contribution in [3.63, 3.8) is 0 Å². The predicted octanol–water partition coefficient (Wildman–Crippen LogP) is 11.7. The number of rotatable bonds is 69. The van der Waals surface area contributed by atoms with Crippen molar-refractivity contribution >= 4 is 37.5 Å². The smallest absolute Gasteiger partial charge is 0.462 e. The van der Waals surface area contributed by atoms with Gasteiger partial charge in [-0.1, -0.05) is 194 Å². The molecule has 0 aromatic carbocycles. The number of carbonyl (C=O) groups is 5. The van der Waals surface area contributed by atoms with E-state index in [1.807, 2.05) is 0 Å². The second-order valence-electron chi connectivity index (χ2n) is 22.0. The van der Waals surface area contributed by atoms with E-state index in [1.54, 1.807) is 0 Å². The Morgan fingerprint density at radius 1 is 0.419 bits per heavy atom. The number of hydrogen-bond acceptors (Lipinski definition) is 18. The summed E-state index contributed by atoms with van der Waals surface area (Å²) >= 11 is 0. The van der Waals surface area contributed by atoms with Gasteiger partial charge in [0.15, 0.2) is 6.10 Å². The third-order valence-electron chi connectivity index (χ3n) is 14.2. The Bertz CT molecular complexity index is 1660. The van der Waals surface area contributed by atoms with Crippen molar-refractivity contribution in [1.29, 1.82) is 0 Å². The minimum Gasteiger partial charge on any atom is -0.462 e. The maximum atomic E-state index is 12.9. The van der Waals surface area contributed by atoms with Crippen molar-refractivity contribution in [2.24, 2.45) is 0 Å². The van der Waals surface area contributed by atoms with Crippen molar-refractivity contribution in [2.75, 3.05) is 139 Å². The largest absolute Gasteiger partial charge is 0.472 e. The SMILES string of the molecule is CCCCCCCCCCCCCCCCCC(=O)OC[C@H](COP(=O)(O)OCCNC(=O)CCOCCOCCOCCOCCOCCOCCOCCOCCN1C(=O)C=CC1=O)OC(=O)CCCCCCCCCCCCCCCCC. The summed E-state index contributed by atoms with van der Waals surface area (Å²) in [5.74, 6) is -1.90. The number of imide groups is 1. The standard InChI is InChI=1S/C64H119N2O19P/c1-3-5-7-9-11-13-15-17-19-21-23-25-27-29-31-33-63(70)82-57-59(85-64(71)34-32-30-28-26-24-22-20-18-16-14-12-10-8-6-4-2)58-84-86(72,73)83-41-38-65-60(67)37-40-74-43-45-76-47-49-78-51-53-80-55-56-81-54-52-79-50-48-77-46-44-75-42-39-66-61(68)35-36-62(66)69/h35-36,59H,3-34,37-58H2,1-2H3,(H,65,67)(H,72,73)/t59-/m1/s1. The third-order valence-corrected chi connectivity index (χ3v) is 15.2. The Morgan fingerprint density at radius 3 is 1.12 bits per heavy atom. The van der Waals surface area contributed by atoms with Crippen LogP contribution in [0.1, 0.15) is 226 Å². The van der Waals surface area contributed by atoms with Crippen LogP contribution in [0.4, 0.5) is 0 Å². The minimum absolute atomic E-state index is 0.0598. The predicted molar refractivity (Wildman–Crippen MR) is 332 cm³/mol. The molecule has 1 heterocycles. The minimum atomic E-state index is -4.62. The van der Waals surface area contributed by atoms with Gasteiger partial charge in [0.25, 0.3) is 11.8 Å². The fraction of sp³-hybridized carbons (Fsp3) is 0.891. The molecular weight excluding hydrogens is 1130 g/mol. The van der Waals surface area contributed by atoms with Gasteiger partial charge in [-0.15, -0.1) is 0 Å². The van der Waals surface area contributed by atoms with Gasteiger partial charge in [0, 0.05) is 38.0 Å². The molecule has 0 aliphatic carbocycles. The maximum Gasteiger partial charge on any atom is 0.472 e. The van der Waals surface area contributed by atoms with Crippen LogP contribution in [0.5, 0.6) is 0 Å². The van der Waals surface area contributed by atoms with Crippen LogP contribution >= 0.6 is 7.82 Å². The number of esters is 2. The Morgan fingerprint density at radius 2 is 0.744 bits per heavy atom. The Balaban J connectivity index is 2.15. The van der Waals surface area contributed by atoms with Gasteiger partial charge < -0.3 is 57.6 Å². The van der Waals surface area contributed by atoms with Crippen LogP contribution in [0.15, 0.2) is 12.2 Å². The molecule has 86 heavy (non-hydrogen) atoms. The van der Waals surface area contributed by atoms with E-state index in [9.17, 15) is 33.4 Å². The molecule has 21 nitrogen and oxygen atoms in total. The van der Waals surface area contributed by atoms with Crippen LogP contribution in [0.3, 0.4) is 0 Å². The van der Waals surface area contributed by atoms with Gasteiger partial charge in [-0.25, -0.2) is 4.57 Å². The topological polar surface area (TPSA) is 249 Å². The van der Waals surface area contributed by atoms with Crippen LogP contribution in [0.25, 0.3) is 0 Å². The number of ether oxygens (including phenoxy) is 10. The molecule has 2 atom stereocenters. The maximum absolute atomic E-state index is 12.9. The molecular formula is C64H119N2O19P. The zero-order valence-electron chi connectivity index (χ0n) is 53.6. The first kappa shape index (κ1) is 81.1. The second-order valence-corrected chi connectivity index (χ2v) is 23.4. The van der Waals surface area contributed by atoms with Gasteiger partial charge in [0.1, 0.15) is 6.61 Å². The highest BCUT2D eigenvalue weighted by Crippen LogP contribution is 2.43. The van der Waals surface area contributed by atoms with E-state index in [1.165, 1.54) is 153 Å². The first-order chi connectivity index (χ1) is 42.1. The third kappa shape index (κ3) is 56.3. The van der Waals surface area contributed by atoms with E-state index in [4.69, 9.17) is 56.4 Å². The number of phosphoric acid groups is 1. The molecule has 0 aromatic heterocycles. The van der Waals surface area contributed by atoms with E-state index in [-0.39, 0.29) is 83.1 Å². The average molecular weight is 1250 g/mol. The molecule has 0 radical (unpaired) electrons. The number of nitrogens with zero attached hydrogens (tertiary/aromatic N) is 1. The molecule has 1 aliphatic rings. The Labute approximate surface area is 518 Å². The summed E-state index contributed by atoms with van der Waals surface area (Å²) in [7, 11) is -4.62. The van der Waals surface area contributed by atoms with Crippen molar-refractivity contribution in [3.8, 4) is 0 Å². The highest BCUT2D eigenvalue weighted by molar-refractivity contribution is 7.47. The molecule has 1 unspecified atom stereocenters. The molecule has 0 aromatic rings. The van der Waals surface area contributed by atoms with Crippen LogP contribution in [-0.2, 0) is 85.0 Å². The summed E-state index contributed by atoms with van der Waals surface area (Å²) in [6.07, 6.45) is 38.3. The Kier molecular flexibility index (Phi) is 58.7. The molecule has 504 valence electrons. The fourth-order valence-electron chi connectivity index (χ4n) is 9.17. The lowest BCUT2D eigenvalue weighted by atomic mass is 10.0. The lowest BCUT2D eigenvalue weighted by molar-refractivity contribution is -0.161. The van der Waals surface area contributed by atoms with Gasteiger partial charge in [0.2, 0.25) is 5.91 Å². The monoisotopic (exact) mass is 1250 g/mol. The van der Waals surface area contributed by atoms with Gasteiger partial charge in [0.05, 0.1) is 125 Å². The molecule has 0 spiro atoms. The van der Waals surface area contributed by atoms with Gasteiger partial charge in [-0.05, 0) is 12.8 Å². The van der Waals surface area contributed by atoms with Crippen molar-refractivity contribution in [1.82, 2.24) is 10.2 Å². The zero-order valence-corrected chi connectivity index (χ0v) is 54.5. The van der Waals surface area contributed by atoms with Crippen molar-refractivity contribution in [2.45, 2.75) is 232 Å². The molecule has 3 amide bonds. The molecule has 22 heteroatoms. The summed E-state index contributed by atoms with van der Waals surface area (Å²) in [6.45, 7) is 9.33. The number of phosphoric ester groups is 1. The number of amides is 3. The quantitative estimate of drug-likeness (QED) is 0.0249. The zero-order chi connectivity index (χ0) is 62.3. The normalized spacial score (nSPS) is 13.5. The summed E-state index contributed by atoms with van der Waals surface area (Å²) in [5, 5.41) is 2.61. The van der Waals surface area contributed by atoms with Gasteiger partial charge in [-0.3, -0.25) is 37.9 Å². The molecule has 1 rings (SSSR count). The number of unbranched alkanes of at least 4 members (excludes halogenated alkanes) is 28. The van der Waals surface area contributed by atoms with Crippen molar-refractivity contribution < 1.29 is 89.8 Å². The molecule has 0 saturated heterocycles. The van der Waals surface area contributed by atoms with Crippen LogP contribution in [-0.4, -0.2) is 184 Å². The lowest BCUT2D eigenvalue weighted by Crippen LogP contribution is -2.33. The molecule has 1 aliphatic heterocycles. The Hall–Kier alpha value is -2.92. The molecule has 0 bridgehead atoms. The highest BCUT2D eigenvalue weighted by Gasteiger charge is 2.26. The highest BCUT2D eigenvalue weighted by atomic mass is 31.2. The number of carbonyl (C=O) groups excluding carboxylic acids is 5. The summed E-state index contributed by atoms with van der Waals surface area (Å²) in [5.41, 5.74) is 0. The first-order valence-electron chi connectivity index (χ1n) is 33.5. The van der Waals surface area contributed by atoms with E-state index in [0.717, 1.165) is 43.4 Å². The van der Waals surface area contributed by atoms with E-state index >= 15 is 0 Å². The average Bonchev–Trinajstić information content (AvgIpc) is 4.10.